The lowest BCUT2D eigenvalue weighted by Crippen LogP contribution is -2.26. The standard InChI is InChI=1S/C13H11N3O4/c1-9-4-2-3-5-11(9)12(17)8-15-7-10(16(19)20)6-14-13(15)18/h2-7H,8H2,1H3. The number of carbonyl (C=O) groups is 1. The van der Waals surface area contributed by atoms with Gasteiger partial charge in [-0.3, -0.25) is 19.5 Å². The first kappa shape index (κ1) is 13.6. The topological polar surface area (TPSA) is 95.1 Å². The molecule has 0 radical (unpaired) electrons. The Morgan fingerprint density at radius 1 is 1.40 bits per heavy atom. The highest BCUT2D eigenvalue weighted by molar-refractivity contribution is 5.97. The summed E-state index contributed by atoms with van der Waals surface area (Å²) in [6, 6.07) is 6.94. The van der Waals surface area contributed by atoms with Crippen molar-refractivity contribution in [2.45, 2.75) is 13.5 Å². The summed E-state index contributed by atoms with van der Waals surface area (Å²) in [5, 5.41) is 10.6. The van der Waals surface area contributed by atoms with Crippen molar-refractivity contribution in [2.24, 2.45) is 0 Å². The number of ketones is 1. The van der Waals surface area contributed by atoms with E-state index in [2.05, 4.69) is 4.98 Å². The third-order valence-electron chi connectivity index (χ3n) is 2.81. The Morgan fingerprint density at radius 2 is 2.10 bits per heavy atom. The predicted octanol–water partition coefficient (Wildman–Crippen LogP) is 1.34. The number of carbonyl (C=O) groups excluding carboxylic acids is 1. The van der Waals surface area contributed by atoms with Crippen molar-refractivity contribution in [2.75, 3.05) is 0 Å². The van der Waals surface area contributed by atoms with Crippen LogP contribution in [0, 0.1) is 17.0 Å². The maximum atomic E-state index is 12.1. The van der Waals surface area contributed by atoms with Crippen LogP contribution in [0.1, 0.15) is 15.9 Å². The highest BCUT2D eigenvalue weighted by Crippen LogP contribution is 2.10. The molecule has 0 aliphatic carbocycles. The van der Waals surface area contributed by atoms with E-state index < -0.39 is 10.6 Å². The fourth-order valence-corrected chi connectivity index (χ4v) is 1.78. The molecule has 0 bridgehead atoms. The van der Waals surface area contributed by atoms with E-state index in [4.69, 9.17) is 0 Å². The largest absolute Gasteiger partial charge is 0.348 e. The van der Waals surface area contributed by atoms with Crippen molar-refractivity contribution in [3.63, 3.8) is 0 Å². The molecule has 0 N–H and O–H groups in total. The van der Waals surface area contributed by atoms with Crippen molar-refractivity contribution in [3.8, 4) is 0 Å². The monoisotopic (exact) mass is 273 g/mol. The highest BCUT2D eigenvalue weighted by Gasteiger charge is 2.14. The first-order valence-corrected chi connectivity index (χ1v) is 5.79. The average Bonchev–Trinajstić information content (AvgIpc) is 2.41. The van der Waals surface area contributed by atoms with Gasteiger partial charge in [0.25, 0.3) is 0 Å². The van der Waals surface area contributed by atoms with Gasteiger partial charge in [-0.1, -0.05) is 24.3 Å². The molecule has 0 unspecified atom stereocenters. The summed E-state index contributed by atoms with van der Waals surface area (Å²) < 4.78 is 0.937. The number of aromatic nitrogens is 2. The molecule has 2 rings (SSSR count). The summed E-state index contributed by atoms with van der Waals surface area (Å²) in [7, 11) is 0. The minimum atomic E-state index is -0.697. The molecule has 0 saturated heterocycles. The highest BCUT2D eigenvalue weighted by atomic mass is 16.6. The molecule has 0 fully saturated rings. The van der Waals surface area contributed by atoms with Crippen molar-refractivity contribution in [3.05, 3.63) is 68.4 Å². The Bertz CT molecular complexity index is 736. The molecular formula is C13H11N3O4. The van der Waals surface area contributed by atoms with Crippen LogP contribution in [0.5, 0.6) is 0 Å². The van der Waals surface area contributed by atoms with E-state index in [0.717, 1.165) is 22.5 Å². The van der Waals surface area contributed by atoms with Gasteiger partial charge in [0, 0.05) is 5.56 Å². The van der Waals surface area contributed by atoms with Crippen LogP contribution in [0.4, 0.5) is 5.69 Å². The Balaban J connectivity index is 2.33. The molecule has 0 amide bonds. The molecule has 2 aromatic rings. The van der Waals surface area contributed by atoms with Gasteiger partial charge in [0.05, 0.1) is 17.7 Å². The summed E-state index contributed by atoms with van der Waals surface area (Å²) in [4.78, 5) is 37.0. The lowest BCUT2D eigenvalue weighted by atomic mass is 10.1. The normalized spacial score (nSPS) is 10.2. The van der Waals surface area contributed by atoms with Crippen molar-refractivity contribution in [1.82, 2.24) is 9.55 Å². The van der Waals surface area contributed by atoms with Crippen molar-refractivity contribution >= 4 is 11.5 Å². The number of rotatable bonds is 4. The molecule has 0 atom stereocenters. The fourth-order valence-electron chi connectivity index (χ4n) is 1.78. The summed E-state index contributed by atoms with van der Waals surface area (Å²) >= 11 is 0. The summed E-state index contributed by atoms with van der Waals surface area (Å²) in [5.41, 5.74) is 0.231. The minimum absolute atomic E-state index is 0.279. The van der Waals surface area contributed by atoms with Gasteiger partial charge < -0.3 is 0 Å². The SMILES string of the molecule is Cc1ccccc1C(=O)Cn1cc([N+](=O)[O-])cnc1=O. The maximum Gasteiger partial charge on any atom is 0.348 e. The average molecular weight is 273 g/mol. The van der Waals surface area contributed by atoms with E-state index in [-0.39, 0.29) is 18.0 Å². The quantitative estimate of drug-likeness (QED) is 0.476. The van der Waals surface area contributed by atoms with Crippen LogP contribution in [-0.2, 0) is 6.54 Å². The first-order valence-electron chi connectivity index (χ1n) is 5.79. The number of aryl methyl sites for hydroxylation is 1. The molecule has 1 aromatic carbocycles. The second-order valence-electron chi connectivity index (χ2n) is 4.22. The van der Waals surface area contributed by atoms with Crippen LogP contribution in [0.3, 0.4) is 0 Å². The predicted molar refractivity (Wildman–Crippen MR) is 70.7 cm³/mol. The number of Topliss-reactive ketones (excluding diaryl/α,β-unsaturated/α-hetero) is 1. The van der Waals surface area contributed by atoms with Gasteiger partial charge in [-0.2, -0.15) is 4.98 Å². The molecule has 7 heteroatoms. The van der Waals surface area contributed by atoms with Crippen molar-refractivity contribution < 1.29 is 9.72 Å². The second kappa shape index (κ2) is 5.43. The van der Waals surface area contributed by atoms with Gasteiger partial charge in [0.2, 0.25) is 0 Å². The number of hydrogen-bond acceptors (Lipinski definition) is 5. The van der Waals surface area contributed by atoms with Crippen LogP contribution in [0.25, 0.3) is 0 Å². The lowest BCUT2D eigenvalue weighted by Gasteiger charge is -2.06. The molecule has 0 spiro atoms. The fraction of sp³-hybridized carbons (Fsp3) is 0.154. The van der Waals surface area contributed by atoms with Crippen LogP contribution < -0.4 is 5.69 Å². The van der Waals surface area contributed by atoms with E-state index in [1.165, 1.54) is 0 Å². The van der Waals surface area contributed by atoms with Gasteiger partial charge in [0.1, 0.15) is 6.20 Å². The van der Waals surface area contributed by atoms with Gasteiger partial charge in [-0.15, -0.1) is 0 Å². The third-order valence-corrected chi connectivity index (χ3v) is 2.81. The van der Waals surface area contributed by atoms with E-state index in [1.54, 1.807) is 31.2 Å². The number of nitro groups is 1. The molecular weight excluding hydrogens is 262 g/mol. The van der Waals surface area contributed by atoms with Crippen molar-refractivity contribution in [1.29, 1.82) is 0 Å². The Labute approximate surface area is 113 Å². The number of hydrogen-bond donors (Lipinski definition) is 0. The van der Waals surface area contributed by atoms with E-state index in [9.17, 15) is 19.7 Å². The van der Waals surface area contributed by atoms with Gasteiger partial charge in [-0.25, -0.2) is 4.79 Å². The van der Waals surface area contributed by atoms with Crippen LogP contribution in [0.2, 0.25) is 0 Å². The molecule has 0 aliphatic rings. The smallest absolute Gasteiger partial charge is 0.292 e. The zero-order chi connectivity index (χ0) is 14.7. The molecule has 1 aromatic heterocycles. The summed E-state index contributed by atoms with van der Waals surface area (Å²) in [6.07, 6.45) is 1.89. The Morgan fingerprint density at radius 3 is 2.75 bits per heavy atom. The molecule has 102 valence electrons. The molecule has 0 saturated carbocycles. The third kappa shape index (κ3) is 2.77. The van der Waals surface area contributed by atoms with Crippen LogP contribution in [-0.4, -0.2) is 20.3 Å². The van der Waals surface area contributed by atoms with E-state index in [0.29, 0.717) is 5.56 Å². The first-order chi connectivity index (χ1) is 9.49. The molecule has 20 heavy (non-hydrogen) atoms. The lowest BCUT2D eigenvalue weighted by molar-refractivity contribution is -0.385. The zero-order valence-electron chi connectivity index (χ0n) is 10.6. The van der Waals surface area contributed by atoms with Gasteiger partial charge in [-0.05, 0) is 12.5 Å². The molecule has 0 aliphatic heterocycles. The Kier molecular flexibility index (Phi) is 3.69. The van der Waals surface area contributed by atoms with Gasteiger partial charge >= 0.3 is 11.4 Å². The molecule has 1 heterocycles. The van der Waals surface area contributed by atoms with Crippen LogP contribution in [0.15, 0.2) is 41.5 Å². The minimum Gasteiger partial charge on any atom is -0.292 e. The summed E-state index contributed by atoms with van der Waals surface area (Å²) in [6.45, 7) is 1.50. The zero-order valence-corrected chi connectivity index (χ0v) is 10.6. The summed E-state index contributed by atoms with van der Waals surface area (Å²) in [5.74, 6) is -0.299. The van der Waals surface area contributed by atoms with E-state index >= 15 is 0 Å². The Hall–Kier alpha value is -2.83. The van der Waals surface area contributed by atoms with E-state index in [1.807, 2.05) is 0 Å². The van der Waals surface area contributed by atoms with Gasteiger partial charge in [0.15, 0.2) is 5.78 Å². The number of benzene rings is 1. The number of nitrogens with zero attached hydrogens (tertiary/aromatic N) is 3. The second-order valence-corrected chi connectivity index (χ2v) is 4.22. The molecule has 7 nitrogen and oxygen atoms in total. The maximum absolute atomic E-state index is 12.1. The van der Waals surface area contributed by atoms with Crippen LogP contribution >= 0.6 is 0 Å².